The highest BCUT2D eigenvalue weighted by molar-refractivity contribution is 5.95. The molecule has 122 valence electrons. The standard InChI is InChI=1S/C14H16N4O5/c1-9(17-8-10(7-15-17)18(20)21)14(19)16-12-6-11(22-2)4-5-13(12)23-3/h4-9H,1-3H3,(H,16,19)/t9-/m0/s1. The third-order valence-corrected chi connectivity index (χ3v) is 3.24. The molecular formula is C14H16N4O5. The molecule has 1 amide bonds. The summed E-state index contributed by atoms with van der Waals surface area (Å²) < 4.78 is 11.5. The van der Waals surface area contributed by atoms with Crippen LogP contribution in [-0.2, 0) is 4.79 Å². The van der Waals surface area contributed by atoms with Gasteiger partial charge in [-0.15, -0.1) is 0 Å². The van der Waals surface area contributed by atoms with Gasteiger partial charge in [0.1, 0.15) is 29.9 Å². The highest BCUT2D eigenvalue weighted by Crippen LogP contribution is 2.29. The molecule has 2 rings (SSSR count). The minimum atomic E-state index is -0.736. The van der Waals surface area contributed by atoms with Crippen LogP contribution in [0.15, 0.2) is 30.6 Å². The predicted octanol–water partition coefficient (Wildman–Crippen LogP) is 2.01. The maximum Gasteiger partial charge on any atom is 0.307 e. The number of hydrogen-bond donors (Lipinski definition) is 1. The Bertz CT molecular complexity index is 728. The highest BCUT2D eigenvalue weighted by Gasteiger charge is 2.20. The summed E-state index contributed by atoms with van der Waals surface area (Å²) in [7, 11) is 3.00. The summed E-state index contributed by atoms with van der Waals surface area (Å²) in [5, 5.41) is 17.2. The van der Waals surface area contributed by atoms with Crippen LogP contribution >= 0.6 is 0 Å². The number of ether oxygens (including phenoxy) is 2. The largest absolute Gasteiger partial charge is 0.497 e. The van der Waals surface area contributed by atoms with Gasteiger partial charge < -0.3 is 14.8 Å². The predicted molar refractivity (Wildman–Crippen MR) is 81.8 cm³/mol. The van der Waals surface area contributed by atoms with Crippen LogP contribution in [0, 0.1) is 10.1 Å². The lowest BCUT2D eigenvalue weighted by Gasteiger charge is -2.15. The lowest BCUT2D eigenvalue weighted by Crippen LogP contribution is -2.24. The number of carbonyl (C=O) groups is 1. The molecule has 0 unspecified atom stereocenters. The number of amides is 1. The minimum absolute atomic E-state index is 0.177. The van der Waals surface area contributed by atoms with Gasteiger partial charge in [0.2, 0.25) is 5.91 Å². The number of methoxy groups -OCH3 is 2. The molecule has 0 saturated heterocycles. The van der Waals surface area contributed by atoms with E-state index in [0.29, 0.717) is 17.2 Å². The summed E-state index contributed by atoms with van der Waals surface area (Å²) in [6, 6.07) is 4.25. The number of nitro groups is 1. The first-order valence-electron chi connectivity index (χ1n) is 6.67. The number of anilines is 1. The number of carbonyl (C=O) groups excluding carboxylic acids is 1. The second-order valence-electron chi connectivity index (χ2n) is 4.67. The van der Waals surface area contributed by atoms with E-state index in [1.807, 2.05) is 0 Å². The van der Waals surface area contributed by atoms with Gasteiger partial charge in [-0.25, -0.2) is 0 Å². The molecular weight excluding hydrogens is 304 g/mol. The van der Waals surface area contributed by atoms with Crippen LogP contribution in [0.1, 0.15) is 13.0 Å². The van der Waals surface area contributed by atoms with Crippen LogP contribution in [0.5, 0.6) is 11.5 Å². The summed E-state index contributed by atoms with van der Waals surface area (Å²) in [5.41, 5.74) is 0.258. The Morgan fingerprint density at radius 1 is 1.39 bits per heavy atom. The molecule has 0 fully saturated rings. The molecule has 0 radical (unpaired) electrons. The number of rotatable bonds is 6. The zero-order chi connectivity index (χ0) is 17.0. The maximum absolute atomic E-state index is 12.3. The summed E-state index contributed by atoms with van der Waals surface area (Å²) in [5.74, 6) is 0.635. The lowest BCUT2D eigenvalue weighted by molar-refractivity contribution is -0.385. The van der Waals surface area contributed by atoms with Gasteiger partial charge in [0.25, 0.3) is 0 Å². The molecule has 1 atom stereocenters. The van der Waals surface area contributed by atoms with E-state index < -0.39 is 16.9 Å². The molecule has 0 aliphatic rings. The molecule has 1 aromatic carbocycles. The van der Waals surface area contributed by atoms with Crippen LogP contribution in [0.25, 0.3) is 0 Å². The monoisotopic (exact) mass is 320 g/mol. The number of nitrogens with zero attached hydrogens (tertiary/aromatic N) is 3. The Kier molecular flexibility index (Phi) is 4.79. The number of nitrogens with one attached hydrogen (secondary N) is 1. The van der Waals surface area contributed by atoms with Crippen LogP contribution in [0.3, 0.4) is 0 Å². The van der Waals surface area contributed by atoms with Crippen LogP contribution < -0.4 is 14.8 Å². The molecule has 1 heterocycles. The van der Waals surface area contributed by atoms with Gasteiger partial charge >= 0.3 is 5.69 Å². The van der Waals surface area contributed by atoms with Crippen molar-refractivity contribution in [2.75, 3.05) is 19.5 Å². The van der Waals surface area contributed by atoms with E-state index in [-0.39, 0.29) is 5.69 Å². The number of aromatic nitrogens is 2. The zero-order valence-electron chi connectivity index (χ0n) is 12.8. The second-order valence-corrected chi connectivity index (χ2v) is 4.67. The van der Waals surface area contributed by atoms with E-state index in [4.69, 9.17) is 9.47 Å². The van der Waals surface area contributed by atoms with Gasteiger partial charge in [-0.3, -0.25) is 19.6 Å². The van der Waals surface area contributed by atoms with Crippen molar-refractivity contribution < 1.29 is 19.2 Å². The molecule has 9 heteroatoms. The quantitative estimate of drug-likeness (QED) is 0.644. The van der Waals surface area contributed by atoms with Crippen LogP contribution in [0.2, 0.25) is 0 Å². The van der Waals surface area contributed by atoms with E-state index in [1.165, 1.54) is 25.1 Å². The molecule has 1 aromatic heterocycles. The lowest BCUT2D eigenvalue weighted by atomic mass is 10.2. The Morgan fingerprint density at radius 2 is 2.13 bits per heavy atom. The van der Waals surface area contributed by atoms with Gasteiger partial charge in [0.05, 0.1) is 24.8 Å². The van der Waals surface area contributed by atoms with Crippen molar-refractivity contribution in [3.63, 3.8) is 0 Å². The molecule has 0 aliphatic heterocycles. The highest BCUT2D eigenvalue weighted by atomic mass is 16.6. The Morgan fingerprint density at radius 3 is 2.70 bits per heavy atom. The smallest absolute Gasteiger partial charge is 0.307 e. The maximum atomic E-state index is 12.3. The summed E-state index contributed by atoms with van der Waals surface area (Å²) in [4.78, 5) is 22.4. The molecule has 2 aromatic rings. The third kappa shape index (κ3) is 3.57. The van der Waals surface area contributed by atoms with Crippen molar-refractivity contribution in [3.8, 4) is 11.5 Å². The van der Waals surface area contributed by atoms with Crippen molar-refractivity contribution in [2.45, 2.75) is 13.0 Å². The van der Waals surface area contributed by atoms with E-state index in [0.717, 1.165) is 6.20 Å². The summed E-state index contributed by atoms with van der Waals surface area (Å²) in [6.45, 7) is 1.58. The van der Waals surface area contributed by atoms with Gasteiger partial charge in [-0.05, 0) is 19.1 Å². The number of hydrogen-bond acceptors (Lipinski definition) is 6. The first-order valence-corrected chi connectivity index (χ1v) is 6.67. The average molecular weight is 320 g/mol. The normalized spacial score (nSPS) is 11.6. The van der Waals surface area contributed by atoms with Crippen molar-refractivity contribution in [3.05, 3.63) is 40.7 Å². The van der Waals surface area contributed by atoms with Crippen molar-refractivity contribution in [1.29, 1.82) is 0 Å². The molecule has 0 spiro atoms. The van der Waals surface area contributed by atoms with Gasteiger partial charge in [0.15, 0.2) is 0 Å². The first-order chi connectivity index (χ1) is 11.0. The topological polar surface area (TPSA) is 109 Å². The Labute approximate surface area is 132 Å². The zero-order valence-corrected chi connectivity index (χ0v) is 12.8. The van der Waals surface area contributed by atoms with Crippen LogP contribution in [-0.4, -0.2) is 34.8 Å². The third-order valence-electron chi connectivity index (χ3n) is 3.24. The molecule has 23 heavy (non-hydrogen) atoms. The molecule has 0 aliphatic carbocycles. The fraction of sp³-hybridized carbons (Fsp3) is 0.286. The fourth-order valence-electron chi connectivity index (χ4n) is 1.90. The van der Waals surface area contributed by atoms with Crippen molar-refractivity contribution in [1.82, 2.24) is 9.78 Å². The van der Waals surface area contributed by atoms with Gasteiger partial charge in [-0.2, -0.15) is 5.10 Å². The van der Waals surface area contributed by atoms with E-state index in [9.17, 15) is 14.9 Å². The van der Waals surface area contributed by atoms with Crippen LogP contribution in [0.4, 0.5) is 11.4 Å². The van der Waals surface area contributed by atoms with E-state index in [1.54, 1.807) is 25.1 Å². The SMILES string of the molecule is COc1ccc(OC)c(NC(=O)[C@H](C)n2cc([N+](=O)[O-])cn2)c1. The molecule has 0 bridgehead atoms. The fourth-order valence-corrected chi connectivity index (χ4v) is 1.90. The molecule has 9 nitrogen and oxygen atoms in total. The first kappa shape index (κ1) is 16.3. The van der Waals surface area contributed by atoms with Gasteiger partial charge in [-0.1, -0.05) is 0 Å². The Hall–Kier alpha value is -3.10. The van der Waals surface area contributed by atoms with E-state index in [2.05, 4.69) is 10.4 Å². The van der Waals surface area contributed by atoms with Crippen molar-refractivity contribution >= 4 is 17.3 Å². The summed E-state index contributed by atoms with van der Waals surface area (Å²) in [6.07, 6.45) is 2.29. The minimum Gasteiger partial charge on any atom is -0.497 e. The van der Waals surface area contributed by atoms with Gasteiger partial charge in [0, 0.05) is 6.07 Å². The average Bonchev–Trinajstić information content (AvgIpc) is 3.04. The van der Waals surface area contributed by atoms with E-state index >= 15 is 0 Å². The molecule has 0 saturated carbocycles. The van der Waals surface area contributed by atoms with Crippen molar-refractivity contribution in [2.24, 2.45) is 0 Å². The molecule has 1 N–H and O–H groups in total. The Balaban J connectivity index is 2.18. The number of benzene rings is 1. The second kappa shape index (κ2) is 6.77. The summed E-state index contributed by atoms with van der Waals surface area (Å²) >= 11 is 0.